The SMILES string of the molecule is O=C(/C=C/c1cccc(F)c1)N1CCOC1=O.c1ccccc1. The molecule has 0 bridgehead atoms. The average molecular weight is 313 g/mol. The minimum atomic E-state index is -0.640. The normalized spacial score (nSPS) is 13.4. The van der Waals surface area contributed by atoms with Crippen LogP contribution in [-0.4, -0.2) is 30.1 Å². The van der Waals surface area contributed by atoms with E-state index in [1.807, 2.05) is 36.4 Å². The van der Waals surface area contributed by atoms with Crippen LogP contribution in [0.15, 0.2) is 66.7 Å². The number of nitrogens with zero attached hydrogens (tertiary/aromatic N) is 1. The fourth-order valence-corrected chi connectivity index (χ4v) is 1.85. The molecule has 2 aromatic rings. The third-order valence-corrected chi connectivity index (χ3v) is 2.96. The first kappa shape index (κ1) is 16.4. The smallest absolute Gasteiger partial charge is 0.416 e. The molecule has 0 N–H and O–H groups in total. The Morgan fingerprint density at radius 3 is 2.26 bits per heavy atom. The largest absolute Gasteiger partial charge is 0.447 e. The molecule has 0 radical (unpaired) electrons. The number of carbonyl (C=O) groups is 2. The molecule has 4 nitrogen and oxygen atoms in total. The zero-order valence-electron chi connectivity index (χ0n) is 12.4. The summed E-state index contributed by atoms with van der Waals surface area (Å²) in [6.45, 7) is 0.476. The quantitative estimate of drug-likeness (QED) is 0.797. The van der Waals surface area contributed by atoms with E-state index in [2.05, 4.69) is 4.74 Å². The van der Waals surface area contributed by atoms with Crippen molar-refractivity contribution in [2.45, 2.75) is 0 Å². The van der Waals surface area contributed by atoms with Gasteiger partial charge in [0.15, 0.2) is 0 Å². The van der Waals surface area contributed by atoms with Gasteiger partial charge in [0, 0.05) is 6.08 Å². The summed E-state index contributed by atoms with van der Waals surface area (Å²) in [6, 6.07) is 17.8. The molecule has 0 unspecified atom stereocenters. The van der Waals surface area contributed by atoms with Gasteiger partial charge in [-0.25, -0.2) is 14.1 Å². The minimum Gasteiger partial charge on any atom is -0.447 e. The van der Waals surface area contributed by atoms with E-state index in [9.17, 15) is 14.0 Å². The van der Waals surface area contributed by atoms with E-state index in [0.717, 1.165) is 4.90 Å². The molecule has 0 aromatic heterocycles. The monoisotopic (exact) mass is 313 g/mol. The number of benzene rings is 2. The van der Waals surface area contributed by atoms with Crippen LogP contribution in [0.3, 0.4) is 0 Å². The van der Waals surface area contributed by atoms with Crippen molar-refractivity contribution in [3.05, 3.63) is 78.1 Å². The molecular formula is C18H16FNO3. The van der Waals surface area contributed by atoms with Gasteiger partial charge in [-0.2, -0.15) is 0 Å². The van der Waals surface area contributed by atoms with Crippen LogP contribution in [0.5, 0.6) is 0 Å². The lowest BCUT2D eigenvalue weighted by molar-refractivity contribution is -0.122. The van der Waals surface area contributed by atoms with Gasteiger partial charge in [-0.3, -0.25) is 4.79 Å². The Hall–Kier alpha value is -2.95. The maximum atomic E-state index is 12.9. The molecule has 2 amide bonds. The van der Waals surface area contributed by atoms with Gasteiger partial charge in [0.2, 0.25) is 0 Å². The predicted molar refractivity (Wildman–Crippen MR) is 84.9 cm³/mol. The van der Waals surface area contributed by atoms with Gasteiger partial charge in [-0.1, -0.05) is 48.5 Å². The van der Waals surface area contributed by atoms with Crippen LogP contribution >= 0.6 is 0 Å². The molecule has 1 heterocycles. The maximum Gasteiger partial charge on any atom is 0.416 e. The highest BCUT2D eigenvalue weighted by Crippen LogP contribution is 2.08. The number of cyclic esters (lactones) is 1. The van der Waals surface area contributed by atoms with Gasteiger partial charge in [-0.05, 0) is 23.8 Å². The van der Waals surface area contributed by atoms with Crippen molar-refractivity contribution in [3.8, 4) is 0 Å². The lowest BCUT2D eigenvalue weighted by Crippen LogP contribution is -2.29. The van der Waals surface area contributed by atoms with E-state index >= 15 is 0 Å². The van der Waals surface area contributed by atoms with Gasteiger partial charge in [0.25, 0.3) is 5.91 Å². The maximum absolute atomic E-state index is 12.9. The van der Waals surface area contributed by atoms with Crippen molar-refractivity contribution < 1.29 is 18.7 Å². The van der Waals surface area contributed by atoms with Crippen LogP contribution in [0.1, 0.15) is 5.56 Å². The standard InChI is InChI=1S/C12H10FNO3.C6H6/c13-10-3-1-2-9(8-10)4-5-11(15)14-6-7-17-12(14)16;1-2-4-6-5-3-1/h1-5,8H,6-7H2;1-6H/b5-4+;. The van der Waals surface area contributed by atoms with E-state index in [4.69, 9.17) is 0 Å². The molecule has 0 aliphatic carbocycles. The Morgan fingerprint density at radius 1 is 1.09 bits per heavy atom. The molecule has 2 aromatic carbocycles. The van der Waals surface area contributed by atoms with Crippen LogP contribution in [-0.2, 0) is 9.53 Å². The first-order valence-corrected chi connectivity index (χ1v) is 7.09. The second kappa shape index (κ2) is 8.48. The third-order valence-electron chi connectivity index (χ3n) is 2.96. The number of hydrogen-bond acceptors (Lipinski definition) is 3. The number of imide groups is 1. The highest BCUT2D eigenvalue weighted by molar-refractivity contribution is 6.01. The first-order chi connectivity index (χ1) is 11.2. The molecule has 1 aliphatic heterocycles. The molecule has 1 fully saturated rings. The Balaban J connectivity index is 0.000000268. The van der Waals surface area contributed by atoms with Gasteiger partial charge in [0.05, 0.1) is 6.54 Å². The molecule has 118 valence electrons. The fraction of sp³-hybridized carbons (Fsp3) is 0.111. The van der Waals surface area contributed by atoms with Crippen LogP contribution in [0.25, 0.3) is 6.08 Å². The minimum absolute atomic E-state index is 0.221. The van der Waals surface area contributed by atoms with Crippen molar-refractivity contribution in [1.29, 1.82) is 0 Å². The van der Waals surface area contributed by atoms with Crippen LogP contribution in [0.4, 0.5) is 9.18 Å². The van der Waals surface area contributed by atoms with Gasteiger partial charge in [-0.15, -0.1) is 0 Å². The number of halogens is 1. The predicted octanol–water partition coefficient (Wildman–Crippen LogP) is 3.50. The summed E-state index contributed by atoms with van der Waals surface area (Å²) < 4.78 is 17.5. The zero-order valence-corrected chi connectivity index (χ0v) is 12.4. The highest BCUT2D eigenvalue weighted by Gasteiger charge is 2.26. The molecule has 0 saturated carbocycles. The number of hydrogen-bond donors (Lipinski definition) is 0. The lowest BCUT2D eigenvalue weighted by Gasteiger charge is -2.06. The topological polar surface area (TPSA) is 46.6 Å². The highest BCUT2D eigenvalue weighted by atomic mass is 19.1. The van der Waals surface area contributed by atoms with Gasteiger partial charge >= 0.3 is 6.09 Å². The third kappa shape index (κ3) is 5.39. The first-order valence-electron chi connectivity index (χ1n) is 7.09. The lowest BCUT2D eigenvalue weighted by atomic mass is 10.2. The number of ether oxygens (including phenoxy) is 1. The molecule has 1 saturated heterocycles. The summed E-state index contributed by atoms with van der Waals surface area (Å²) in [4.78, 5) is 23.6. The molecule has 0 atom stereocenters. The Kier molecular flexibility index (Phi) is 6.06. The van der Waals surface area contributed by atoms with Crippen molar-refractivity contribution >= 4 is 18.1 Å². The molecular weight excluding hydrogens is 297 g/mol. The number of carbonyl (C=O) groups excluding carboxylic acids is 2. The van der Waals surface area contributed by atoms with E-state index < -0.39 is 12.0 Å². The van der Waals surface area contributed by atoms with Gasteiger partial charge < -0.3 is 4.74 Å². The summed E-state index contributed by atoms with van der Waals surface area (Å²) in [5, 5.41) is 0. The number of amides is 2. The molecule has 23 heavy (non-hydrogen) atoms. The van der Waals surface area contributed by atoms with E-state index in [1.165, 1.54) is 24.3 Å². The molecule has 1 aliphatic rings. The molecule has 0 spiro atoms. The number of rotatable bonds is 2. The summed E-state index contributed by atoms with van der Waals surface area (Å²) in [5.74, 6) is -0.836. The summed E-state index contributed by atoms with van der Waals surface area (Å²) in [6.07, 6.45) is 2.04. The Bertz CT molecular complexity index is 659. The van der Waals surface area contributed by atoms with Crippen LogP contribution in [0.2, 0.25) is 0 Å². The second-order valence-corrected chi connectivity index (χ2v) is 4.65. The molecule has 3 rings (SSSR count). The van der Waals surface area contributed by atoms with E-state index in [0.29, 0.717) is 5.56 Å². The van der Waals surface area contributed by atoms with E-state index in [1.54, 1.807) is 12.1 Å². The van der Waals surface area contributed by atoms with Crippen molar-refractivity contribution in [3.63, 3.8) is 0 Å². The summed E-state index contributed by atoms with van der Waals surface area (Å²) in [7, 11) is 0. The van der Waals surface area contributed by atoms with Gasteiger partial charge in [0.1, 0.15) is 12.4 Å². The Morgan fingerprint density at radius 2 is 1.74 bits per heavy atom. The summed E-state index contributed by atoms with van der Waals surface area (Å²) >= 11 is 0. The van der Waals surface area contributed by atoms with Crippen molar-refractivity contribution in [1.82, 2.24) is 4.90 Å². The van der Waals surface area contributed by atoms with Crippen LogP contribution in [0, 0.1) is 5.82 Å². The Labute approximate surface area is 133 Å². The summed E-state index contributed by atoms with van der Waals surface area (Å²) in [5.41, 5.74) is 0.561. The fourth-order valence-electron chi connectivity index (χ4n) is 1.85. The van der Waals surface area contributed by atoms with Crippen LogP contribution < -0.4 is 0 Å². The van der Waals surface area contributed by atoms with Crippen molar-refractivity contribution in [2.24, 2.45) is 0 Å². The molecule has 5 heteroatoms. The second-order valence-electron chi connectivity index (χ2n) is 4.65. The van der Waals surface area contributed by atoms with E-state index in [-0.39, 0.29) is 19.0 Å². The average Bonchev–Trinajstić information content (AvgIpc) is 3.01. The van der Waals surface area contributed by atoms with Crippen molar-refractivity contribution in [2.75, 3.05) is 13.2 Å². The zero-order chi connectivity index (χ0) is 16.5.